The van der Waals surface area contributed by atoms with Crippen LogP contribution in [-0.2, 0) is 5.41 Å². The lowest BCUT2D eigenvalue weighted by atomic mass is 9.69. The lowest BCUT2D eigenvalue weighted by Crippen LogP contribution is -2.17. The number of thiol groups is 2. The van der Waals surface area contributed by atoms with Crippen LogP contribution in [0.5, 0.6) is 0 Å². The van der Waals surface area contributed by atoms with Gasteiger partial charge in [-0.2, -0.15) is 25.3 Å². The molecule has 16 heavy (non-hydrogen) atoms. The van der Waals surface area contributed by atoms with E-state index in [0.717, 1.165) is 6.32 Å². The Morgan fingerprint density at radius 1 is 1.31 bits per heavy atom. The Hall–Kier alpha value is -0.0151. The van der Waals surface area contributed by atoms with E-state index in [2.05, 4.69) is 71.5 Å². The Morgan fingerprint density at radius 2 is 2.00 bits per heavy atom. The average molecular weight is 249 g/mol. The van der Waals surface area contributed by atoms with Gasteiger partial charge in [-0.25, -0.2) is 0 Å². The molecule has 1 heterocycles. The number of hydrogen-bond acceptors (Lipinski definition) is 2. The lowest BCUT2D eigenvalue weighted by molar-refractivity contribution is 0.601. The summed E-state index contributed by atoms with van der Waals surface area (Å²) in [6.07, 6.45) is 1.14. The summed E-state index contributed by atoms with van der Waals surface area (Å²) in [4.78, 5) is 0. The molecule has 85 valence electrons. The van der Waals surface area contributed by atoms with E-state index in [-0.39, 0.29) is 10.00 Å². The van der Waals surface area contributed by atoms with E-state index < -0.39 is 0 Å². The van der Waals surface area contributed by atoms with Crippen LogP contribution in [0.15, 0.2) is 18.2 Å². The van der Waals surface area contributed by atoms with Gasteiger partial charge in [-0.3, -0.25) is 0 Å². The van der Waals surface area contributed by atoms with Gasteiger partial charge in [0.15, 0.2) is 7.28 Å². The molecule has 1 radical (unpaired) electrons. The van der Waals surface area contributed by atoms with Crippen molar-refractivity contribution in [1.82, 2.24) is 0 Å². The maximum atomic E-state index is 4.41. The van der Waals surface area contributed by atoms with Crippen LogP contribution in [0.2, 0.25) is 6.32 Å². The van der Waals surface area contributed by atoms with Crippen molar-refractivity contribution in [2.75, 3.05) is 0 Å². The van der Waals surface area contributed by atoms with Gasteiger partial charge in [0.05, 0.1) is 4.58 Å². The van der Waals surface area contributed by atoms with E-state index in [1.165, 1.54) is 16.6 Å². The molecule has 1 aromatic rings. The van der Waals surface area contributed by atoms with Crippen LogP contribution in [0.4, 0.5) is 0 Å². The van der Waals surface area contributed by atoms with Gasteiger partial charge >= 0.3 is 0 Å². The normalized spacial score (nSPS) is 19.4. The van der Waals surface area contributed by atoms with Gasteiger partial charge in [0.1, 0.15) is 0 Å². The Bertz CT molecular complexity index is 399. The van der Waals surface area contributed by atoms with E-state index in [1.54, 1.807) is 0 Å². The molecule has 0 amide bonds. The predicted octanol–water partition coefficient (Wildman–Crippen LogP) is 3.01. The number of rotatable bonds is 2. The van der Waals surface area contributed by atoms with Gasteiger partial charge in [-0.05, 0) is 16.5 Å². The first-order valence-corrected chi connectivity index (χ1v) is 6.79. The maximum absolute atomic E-state index is 4.41. The zero-order chi connectivity index (χ0) is 11.9. The van der Waals surface area contributed by atoms with E-state index in [9.17, 15) is 0 Å². The second-order valence-corrected chi connectivity index (χ2v) is 6.86. The maximum Gasteiger partial charge on any atom is 0.152 e. The van der Waals surface area contributed by atoms with Crippen molar-refractivity contribution in [2.45, 2.75) is 43.0 Å². The third-order valence-electron chi connectivity index (χ3n) is 3.61. The fraction of sp³-hybridized carbons (Fsp3) is 0.538. The van der Waals surface area contributed by atoms with E-state index in [4.69, 9.17) is 0 Å². The smallest absolute Gasteiger partial charge is 0.152 e. The largest absolute Gasteiger partial charge is 0.165 e. The van der Waals surface area contributed by atoms with Gasteiger partial charge in [0.2, 0.25) is 0 Å². The summed E-state index contributed by atoms with van der Waals surface area (Å²) in [5.41, 5.74) is 4.50. The number of benzene rings is 1. The Balaban J connectivity index is 2.39. The van der Waals surface area contributed by atoms with Gasteiger partial charge < -0.3 is 0 Å². The summed E-state index contributed by atoms with van der Waals surface area (Å²) in [5.74, 6) is 0.383. The average Bonchev–Trinajstić information content (AvgIpc) is 2.53. The van der Waals surface area contributed by atoms with Crippen molar-refractivity contribution in [3.8, 4) is 0 Å². The lowest BCUT2D eigenvalue weighted by Gasteiger charge is -2.22. The molecule has 0 aliphatic carbocycles. The highest BCUT2D eigenvalue weighted by Gasteiger charge is 2.30. The van der Waals surface area contributed by atoms with Crippen molar-refractivity contribution in [2.24, 2.45) is 0 Å². The summed E-state index contributed by atoms with van der Waals surface area (Å²) in [6, 6.07) is 6.78. The topological polar surface area (TPSA) is 0 Å². The standard InChI is InChI=1S/C13H18BS2/c1-8(12(15)16)9-4-5-11-10(6-9)13(2,3)7-14-11/h4-6,8,12,15-16H,7H2,1-3H3. The number of fused-ring (bicyclic) bond motifs is 1. The van der Waals surface area contributed by atoms with Crippen LogP contribution in [0.1, 0.15) is 37.8 Å². The minimum Gasteiger partial charge on any atom is -0.165 e. The monoisotopic (exact) mass is 249 g/mol. The molecule has 0 nitrogen and oxygen atoms in total. The molecule has 1 aliphatic heterocycles. The molecule has 0 bridgehead atoms. The van der Waals surface area contributed by atoms with Crippen molar-refractivity contribution in [3.63, 3.8) is 0 Å². The zero-order valence-electron chi connectivity index (χ0n) is 10.1. The summed E-state index contributed by atoms with van der Waals surface area (Å²) in [5, 5.41) is 0. The quantitative estimate of drug-likeness (QED) is 0.449. The van der Waals surface area contributed by atoms with Crippen LogP contribution in [0.25, 0.3) is 0 Å². The van der Waals surface area contributed by atoms with Crippen LogP contribution in [-0.4, -0.2) is 11.9 Å². The second-order valence-electron chi connectivity index (χ2n) is 5.34. The highest BCUT2D eigenvalue weighted by atomic mass is 32.2. The van der Waals surface area contributed by atoms with Gasteiger partial charge in [-0.15, -0.1) is 0 Å². The highest BCUT2D eigenvalue weighted by Crippen LogP contribution is 2.34. The molecule has 0 fully saturated rings. The SMILES string of the molecule is CC(c1ccc2c(c1)C(C)(C)C[B]2)C(S)S. The highest BCUT2D eigenvalue weighted by molar-refractivity contribution is 7.99. The molecule has 1 aromatic carbocycles. The molecule has 0 N–H and O–H groups in total. The molecule has 2 rings (SSSR count). The molecule has 0 saturated carbocycles. The van der Waals surface area contributed by atoms with Crippen molar-refractivity contribution < 1.29 is 0 Å². The first-order valence-electron chi connectivity index (χ1n) is 5.75. The summed E-state index contributed by atoms with van der Waals surface area (Å²) < 4.78 is 0.103. The van der Waals surface area contributed by atoms with Crippen LogP contribution >= 0.6 is 25.3 Å². The summed E-state index contributed by atoms with van der Waals surface area (Å²) in [7, 11) is 2.34. The zero-order valence-corrected chi connectivity index (χ0v) is 11.9. The first-order chi connectivity index (χ1) is 7.42. The minimum absolute atomic E-state index is 0.103. The molecule has 3 heteroatoms. The molecule has 0 saturated heterocycles. The Labute approximate surface area is 110 Å². The molecule has 0 spiro atoms. The van der Waals surface area contributed by atoms with E-state index >= 15 is 0 Å². The molecular weight excluding hydrogens is 231 g/mol. The summed E-state index contributed by atoms with van der Waals surface area (Å²) in [6.45, 7) is 6.80. The third kappa shape index (κ3) is 2.17. The number of hydrogen-bond donors (Lipinski definition) is 2. The van der Waals surface area contributed by atoms with Crippen molar-refractivity contribution in [1.29, 1.82) is 0 Å². The summed E-state index contributed by atoms with van der Waals surface area (Å²) >= 11 is 8.82. The van der Waals surface area contributed by atoms with Gasteiger partial charge in [-0.1, -0.05) is 50.8 Å². The fourth-order valence-electron chi connectivity index (χ4n) is 2.27. The Morgan fingerprint density at radius 3 is 2.62 bits per heavy atom. The molecular formula is C13H18BS2. The fourth-order valence-corrected chi connectivity index (χ4v) is 2.61. The van der Waals surface area contributed by atoms with Gasteiger partial charge in [0.25, 0.3) is 0 Å². The van der Waals surface area contributed by atoms with Crippen molar-refractivity contribution >= 4 is 38.0 Å². The van der Waals surface area contributed by atoms with Crippen LogP contribution in [0, 0.1) is 0 Å². The van der Waals surface area contributed by atoms with Crippen LogP contribution in [0.3, 0.4) is 0 Å². The molecule has 1 atom stereocenters. The predicted molar refractivity (Wildman–Crippen MR) is 79.8 cm³/mol. The van der Waals surface area contributed by atoms with Crippen LogP contribution < -0.4 is 5.46 Å². The van der Waals surface area contributed by atoms with E-state index in [0.29, 0.717) is 5.92 Å². The first kappa shape index (κ1) is 12.4. The van der Waals surface area contributed by atoms with Gasteiger partial charge in [0, 0.05) is 5.92 Å². The molecule has 1 aliphatic rings. The third-order valence-corrected chi connectivity index (χ3v) is 4.51. The second kappa shape index (κ2) is 4.34. The molecule has 1 unspecified atom stereocenters. The minimum atomic E-state index is 0.103. The Kier molecular flexibility index (Phi) is 3.38. The van der Waals surface area contributed by atoms with E-state index in [1.807, 2.05) is 0 Å². The van der Waals surface area contributed by atoms with Crippen molar-refractivity contribution in [3.05, 3.63) is 29.3 Å². The molecule has 0 aromatic heterocycles.